The Morgan fingerprint density at radius 1 is 1.44 bits per heavy atom. The Labute approximate surface area is 107 Å². The van der Waals surface area contributed by atoms with E-state index in [2.05, 4.69) is 21.8 Å². The van der Waals surface area contributed by atoms with Crippen LogP contribution in [0.4, 0.5) is 11.6 Å². The Hall–Kier alpha value is -1.71. The van der Waals surface area contributed by atoms with Crippen LogP contribution in [0.3, 0.4) is 0 Å². The molecule has 0 unspecified atom stereocenters. The molecule has 1 aromatic carbocycles. The SMILES string of the molecule is CCN(CC1CCC1)c1nc2ccc(N)cc2[nH]1. The minimum atomic E-state index is 0.778. The molecule has 0 atom stereocenters. The van der Waals surface area contributed by atoms with Crippen molar-refractivity contribution >= 4 is 22.7 Å². The van der Waals surface area contributed by atoms with Gasteiger partial charge in [-0.05, 0) is 43.9 Å². The van der Waals surface area contributed by atoms with Crippen molar-refractivity contribution in [2.24, 2.45) is 5.92 Å². The molecular formula is C14H20N4. The molecule has 1 saturated carbocycles. The van der Waals surface area contributed by atoms with Gasteiger partial charge in [0.1, 0.15) is 0 Å². The molecule has 18 heavy (non-hydrogen) atoms. The van der Waals surface area contributed by atoms with E-state index in [-0.39, 0.29) is 0 Å². The summed E-state index contributed by atoms with van der Waals surface area (Å²) in [6.07, 6.45) is 4.12. The highest BCUT2D eigenvalue weighted by atomic mass is 15.3. The van der Waals surface area contributed by atoms with Crippen molar-refractivity contribution < 1.29 is 0 Å². The zero-order valence-corrected chi connectivity index (χ0v) is 10.8. The third kappa shape index (κ3) is 2.03. The Kier molecular flexibility index (Phi) is 2.86. The number of nitrogens with one attached hydrogen (secondary N) is 1. The lowest BCUT2D eigenvalue weighted by molar-refractivity contribution is 0.317. The van der Waals surface area contributed by atoms with E-state index in [9.17, 15) is 0 Å². The van der Waals surface area contributed by atoms with Crippen LogP contribution in [0.15, 0.2) is 18.2 Å². The summed E-state index contributed by atoms with van der Waals surface area (Å²) >= 11 is 0. The van der Waals surface area contributed by atoms with Gasteiger partial charge in [0, 0.05) is 18.8 Å². The zero-order chi connectivity index (χ0) is 12.5. The molecule has 3 rings (SSSR count). The monoisotopic (exact) mass is 244 g/mol. The van der Waals surface area contributed by atoms with Gasteiger partial charge >= 0.3 is 0 Å². The van der Waals surface area contributed by atoms with E-state index in [0.29, 0.717) is 0 Å². The van der Waals surface area contributed by atoms with Crippen LogP contribution < -0.4 is 10.6 Å². The first kappa shape index (κ1) is 11.4. The lowest BCUT2D eigenvalue weighted by Gasteiger charge is -2.31. The predicted octanol–water partition coefficient (Wildman–Crippen LogP) is 2.77. The topological polar surface area (TPSA) is 57.9 Å². The normalized spacial score (nSPS) is 15.8. The molecule has 4 heteroatoms. The van der Waals surface area contributed by atoms with E-state index in [1.54, 1.807) is 0 Å². The highest BCUT2D eigenvalue weighted by molar-refractivity contribution is 5.80. The van der Waals surface area contributed by atoms with Crippen LogP contribution in [0.25, 0.3) is 11.0 Å². The van der Waals surface area contributed by atoms with Crippen LogP contribution >= 0.6 is 0 Å². The number of anilines is 2. The molecule has 1 aromatic heterocycles. The summed E-state index contributed by atoms with van der Waals surface area (Å²) in [5, 5.41) is 0. The summed E-state index contributed by atoms with van der Waals surface area (Å²) in [5.74, 6) is 1.83. The van der Waals surface area contributed by atoms with E-state index >= 15 is 0 Å². The second-order valence-corrected chi connectivity index (χ2v) is 5.17. The molecule has 4 nitrogen and oxygen atoms in total. The second-order valence-electron chi connectivity index (χ2n) is 5.17. The lowest BCUT2D eigenvalue weighted by Crippen LogP contribution is -2.33. The number of nitrogens with two attached hydrogens (primary N) is 1. The lowest BCUT2D eigenvalue weighted by atomic mass is 9.85. The smallest absolute Gasteiger partial charge is 0.203 e. The number of hydrogen-bond acceptors (Lipinski definition) is 3. The van der Waals surface area contributed by atoms with E-state index in [0.717, 1.165) is 41.7 Å². The van der Waals surface area contributed by atoms with E-state index < -0.39 is 0 Å². The fourth-order valence-electron chi connectivity index (χ4n) is 2.52. The molecular weight excluding hydrogens is 224 g/mol. The highest BCUT2D eigenvalue weighted by Gasteiger charge is 2.21. The molecule has 1 aliphatic rings. The number of nitrogens with zero attached hydrogens (tertiary/aromatic N) is 2. The number of aromatic amines is 1. The first-order valence-electron chi connectivity index (χ1n) is 6.76. The summed E-state index contributed by atoms with van der Waals surface area (Å²) in [6.45, 7) is 4.29. The van der Waals surface area contributed by atoms with Gasteiger partial charge in [-0.1, -0.05) is 6.42 Å². The largest absolute Gasteiger partial charge is 0.399 e. The number of aromatic nitrogens is 2. The van der Waals surface area contributed by atoms with Gasteiger partial charge in [0.05, 0.1) is 11.0 Å². The van der Waals surface area contributed by atoms with Crippen LogP contribution in [0.5, 0.6) is 0 Å². The van der Waals surface area contributed by atoms with Crippen molar-refractivity contribution in [3.63, 3.8) is 0 Å². The summed E-state index contributed by atoms with van der Waals surface area (Å²) < 4.78 is 0. The number of rotatable bonds is 4. The molecule has 0 spiro atoms. The van der Waals surface area contributed by atoms with Gasteiger partial charge in [-0.2, -0.15) is 0 Å². The average Bonchev–Trinajstić information content (AvgIpc) is 2.70. The fraction of sp³-hybridized carbons (Fsp3) is 0.500. The van der Waals surface area contributed by atoms with Crippen molar-refractivity contribution in [1.82, 2.24) is 9.97 Å². The van der Waals surface area contributed by atoms with Crippen LogP contribution in [0.1, 0.15) is 26.2 Å². The molecule has 0 aliphatic heterocycles. The molecule has 96 valence electrons. The predicted molar refractivity (Wildman–Crippen MR) is 75.7 cm³/mol. The Morgan fingerprint density at radius 3 is 2.94 bits per heavy atom. The molecule has 0 radical (unpaired) electrons. The summed E-state index contributed by atoms with van der Waals surface area (Å²) in [7, 11) is 0. The maximum absolute atomic E-state index is 5.79. The van der Waals surface area contributed by atoms with Gasteiger partial charge in [0.2, 0.25) is 5.95 Å². The van der Waals surface area contributed by atoms with Crippen molar-refractivity contribution in [1.29, 1.82) is 0 Å². The molecule has 1 fully saturated rings. The molecule has 2 aromatic rings. The standard InChI is InChI=1S/C14H20N4/c1-2-18(9-10-4-3-5-10)14-16-12-7-6-11(15)8-13(12)17-14/h6-8,10H,2-5,9,15H2,1H3,(H,16,17). The molecule has 3 N–H and O–H groups in total. The fourth-order valence-corrected chi connectivity index (χ4v) is 2.52. The van der Waals surface area contributed by atoms with Gasteiger partial charge < -0.3 is 15.6 Å². The maximum atomic E-state index is 5.79. The second kappa shape index (κ2) is 4.52. The molecule has 0 amide bonds. The van der Waals surface area contributed by atoms with Crippen molar-refractivity contribution in [2.75, 3.05) is 23.7 Å². The van der Waals surface area contributed by atoms with Crippen LogP contribution in [0, 0.1) is 5.92 Å². The molecule has 0 bridgehead atoms. The third-order valence-electron chi connectivity index (χ3n) is 3.88. The minimum Gasteiger partial charge on any atom is -0.399 e. The van der Waals surface area contributed by atoms with Crippen molar-refractivity contribution in [2.45, 2.75) is 26.2 Å². The van der Waals surface area contributed by atoms with E-state index in [4.69, 9.17) is 5.73 Å². The van der Waals surface area contributed by atoms with Gasteiger partial charge in [-0.15, -0.1) is 0 Å². The molecule has 1 aliphatic carbocycles. The zero-order valence-electron chi connectivity index (χ0n) is 10.8. The molecule has 1 heterocycles. The van der Waals surface area contributed by atoms with Crippen LogP contribution in [-0.2, 0) is 0 Å². The van der Waals surface area contributed by atoms with E-state index in [1.807, 2.05) is 18.2 Å². The van der Waals surface area contributed by atoms with Gasteiger partial charge in [-0.25, -0.2) is 4.98 Å². The average molecular weight is 244 g/mol. The number of fused-ring (bicyclic) bond motifs is 1. The summed E-state index contributed by atoms with van der Waals surface area (Å²) in [5.41, 5.74) is 8.59. The Bertz CT molecular complexity index is 542. The van der Waals surface area contributed by atoms with Gasteiger partial charge in [-0.3, -0.25) is 0 Å². The summed E-state index contributed by atoms with van der Waals surface area (Å²) in [4.78, 5) is 10.4. The first-order chi connectivity index (χ1) is 8.76. The van der Waals surface area contributed by atoms with Gasteiger partial charge in [0.25, 0.3) is 0 Å². The quantitative estimate of drug-likeness (QED) is 0.813. The minimum absolute atomic E-state index is 0.778. The van der Waals surface area contributed by atoms with Crippen molar-refractivity contribution in [3.05, 3.63) is 18.2 Å². The molecule has 0 saturated heterocycles. The third-order valence-corrected chi connectivity index (χ3v) is 3.88. The maximum Gasteiger partial charge on any atom is 0.203 e. The van der Waals surface area contributed by atoms with Crippen LogP contribution in [0.2, 0.25) is 0 Å². The highest BCUT2D eigenvalue weighted by Crippen LogP contribution is 2.28. The number of hydrogen-bond donors (Lipinski definition) is 2. The summed E-state index contributed by atoms with van der Waals surface area (Å²) in [6, 6.07) is 5.82. The van der Waals surface area contributed by atoms with Gasteiger partial charge in [0.15, 0.2) is 0 Å². The number of H-pyrrole nitrogens is 1. The van der Waals surface area contributed by atoms with E-state index in [1.165, 1.54) is 19.3 Å². The number of imidazole rings is 1. The number of benzene rings is 1. The first-order valence-corrected chi connectivity index (χ1v) is 6.76. The Balaban J connectivity index is 1.86. The van der Waals surface area contributed by atoms with Crippen LogP contribution in [-0.4, -0.2) is 23.1 Å². The number of nitrogen functional groups attached to an aromatic ring is 1. The van der Waals surface area contributed by atoms with Crippen molar-refractivity contribution in [3.8, 4) is 0 Å². The Morgan fingerprint density at radius 2 is 2.28 bits per heavy atom.